The van der Waals surface area contributed by atoms with Gasteiger partial charge in [0.2, 0.25) is 5.91 Å². The molecule has 2 heterocycles. The predicted octanol–water partition coefficient (Wildman–Crippen LogP) is 4.60. The van der Waals surface area contributed by atoms with Crippen molar-refractivity contribution in [2.45, 2.75) is 31.6 Å². The van der Waals surface area contributed by atoms with Crippen LogP contribution in [0.4, 0.5) is 5.13 Å². The van der Waals surface area contributed by atoms with Gasteiger partial charge in [-0.25, -0.2) is 4.98 Å². The Labute approximate surface area is 205 Å². The van der Waals surface area contributed by atoms with Crippen LogP contribution in [0.3, 0.4) is 0 Å². The van der Waals surface area contributed by atoms with Gasteiger partial charge < -0.3 is 15.2 Å². The molecule has 0 aliphatic carbocycles. The fourth-order valence-corrected chi connectivity index (χ4v) is 5.04. The summed E-state index contributed by atoms with van der Waals surface area (Å²) in [4.78, 5) is 29.7. The first-order valence-electron chi connectivity index (χ1n) is 10.6. The molecule has 2 amide bonds. The lowest BCUT2D eigenvalue weighted by molar-refractivity contribution is -0.113. The van der Waals surface area contributed by atoms with Gasteiger partial charge in [0.05, 0.1) is 22.0 Å². The van der Waals surface area contributed by atoms with Crippen molar-refractivity contribution in [3.8, 4) is 0 Å². The zero-order chi connectivity index (χ0) is 24.1. The fraction of sp³-hybridized carbons (Fsp3) is 0.208. The third kappa shape index (κ3) is 5.35. The summed E-state index contributed by atoms with van der Waals surface area (Å²) in [7, 11) is 0. The molecule has 0 radical (unpaired) electrons. The van der Waals surface area contributed by atoms with E-state index in [4.69, 9.17) is 0 Å². The third-order valence-corrected chi connectivity index (χ3v) is 6.97. The Morgan fingerprint density at radius 1 is 1.18 bits per heavy atom. The van der Waals surface area contributed by atoms with Crippen molar-refractivity contribution in [1.82, 2.24) is 25.1 Å². The van der Waals surface area contributed by atoms with E-state index in [0.29, 0.717) is 28.2 Å². The van der Waals surface area contributed by atoms with E-state index >= 15 is 0 Å². The summed E-state index contributed by atoms with van der Waals surface area (Å²) in [5, 5.41) is 15.5. The van der Waals surface area contributed by atoms with Crippen LogP contribution in [-0.2, 0) is 11.3 Å². The van der Waals surface area contributed by atoms with Crippen LogP contribution in [0.15, 0.2) is 66.3 Å². The van der Waals surface area contributed by atoms with E-state index in [1.807, 2.05) is 60.9 Å². The Morgan fingerprint density at radius 3 is 2.71 bits per heavy atom. The minimum absolute atomic E-state index is 0.148. The number of nitrogens with one attached hydrogen (secondary N) is 2. The van der Waals surface area contributed by atoms with Gasteiger partial charge in [-0.3, -0.25) is 9.59 Å². The molecule has 174 valence electrons. The van der Waals surface area contributed by atoms with Gasteiger partial charge in [-0.1, -0.05) is 59.5 Å². The molecule has 0 unspecified atom stereocenters. The quantitative estimate of drug-likeness (QED) is 0.261. The van der Waals surface area contributed by atoms with Gasteiger partial charge in [-0.15, -0.1) is 16.8 Å². The van der Waals surface area contributed by atoms with E-state index in [1.165, 1.54) is 23.1 Å². The molecule has 0 aliphatic heterocycles. The van der Waals surface area contributed by atoms with Crippen LogP contribution in [-0.4, -0.2) is 37.3 Å². The van der Waals surface area contributed by atoms with Crippen molar-refractivity contribution in [1.29, 1.82) is 0 Å². The van der Waals surface area contributed by atoms with Crippen LogP contribution in [0.25, 0.3) is 10.2 Å². The first-order chi connectivity index (χ1) is 16.5. The van der Waals surface area contributed by atoms with Crippen LogP contribution in [0.5, 0.6) is 0 Å². The van der Waals surface area contributed by atoms with Crippen molar-refractivity contribution in [2.75, 3.05) is 11.1 Å². The summed E-state index contributed by atoms with van der Waals surface area (Å²) in [5.41, 5.74) is 2.37. The summed E-state index contributed by atoms with van der Waals surface area (Å²) >= 11 is 2.70. The molecule has 0 saturated carbocycles. The van der Waals surface area contributed by atoms with E-state index in [0.717, 1.165) is 15.8 Å². The SMILES string of the molecule is C=CCn1c(SCC(=O)Nc2nc3ccccc3s2)nnc1[C@@H](C)NC(=O)c1ccccc1C. The second kappa shape index (κ2) is 10.6. The van der Waals surface area contributed by atoms with Gasteiger partial charge in [0.25, 0.3) is 5.91 Å². The van der Waals surface area contributed by atoms with Crippen LogP contribution in [0.1, 0.15) is 34.7 Å². The molecule has 0 aliphatic rings. The summed E-state index contributed by atoms with van der Waals surface area (Å²) in [6, 6.07) is 14.8. The number of thiazole rings is 1. The number of carbonyl (C=O) groups is 2. The van der Waals surface area contributed by atoms with Crippen LogP contribution in [0, 0.1) is 6.92 Å². The smallest absolute Gasteiger partial charge is 0.252 e. The first kappa shape index (κ1) is 23.7. The molecule has 4 rings (SSSR count). The van der Waals surface area contributed by atoms with Crippen molar-refractivity contribution >= 4 is 50.3 Å². The van der Waals surface area contributed by atoms with E-state index < -0.39 is 0 Å². The minimum Gasteiger partial charge on any atom is -0.342 e. The largest absolute Gasteiger partial charge is 0.342 e. The monoisotopic (exact) mass is 492 g/mol. The molecule has 0 saturated heterocycles. The molecule has 2 aromatic carbocycles. The molecule has 10 heteroatoms. The molecular formula is C24H24N6O2S2. The number of carbonyl (C=O) groups excluding carboxylic acids is 2. The zero-order valence-electron chi connectivity index (χ0n) is 18.8. The number of rotatable bonds is 9. The fourth-order valence-electron chi connectivity index (χ4n) is 3.41. The summed E-state index contributed by atoms with van der Waals surface area (Å²) in [6.07, 6.45) is 1.73. The second-order valence-corrected chi connectivity index (χ2v) is 9.55. The molecule has 34 heavy (non-hydrogen) atoms. The van der Waals surface area contributed by atoms with Crippen LogP contribution < -0.4 is 10.6 Å². The van der Waals surface area contributed by atoms with Gasteiger partial charge in [0.15, 0.2) is 16.1 Å². The molecule has 4 aromatic rings. The molecule has 0 spiro atoms. The molecule has 2 N–H and O–H groups in total. The predicted molar refractivity (Wildman–Crippen MR) is 136 cm³/mol. The number of hydrogen-bond donors (Lipinski definition) is 2. The summed E-state index contributed by atoms with van der Waals surface area (Å²) < 4.78 is 2.87. The molecule has 1 atom stereocenters. The highest BCUT2D eigenvalue weighted by Gasteiger charge is 2.21. The Bertz CT molecular complexity index is 1310. The highest BCUT2D eigenvalue weighted by atomic mass is 32.2. The average molecular weight is 493 g/mol. The van der Waals surface area contributed by atoms with E-state index in [9.17, 15) is 9.59 Å². The number of fused-ring (bicyclic) bond motifs is 1. The number of hydrogen-bond acceptors (Lipinski definition) is 7. The number of allylic oxidation sites excluding steroid dienone is 1. The Hall–Kier alpha value is -3.50. The van der Waals surface area contributed by atoms with Gasteiger partial charge in [0, 0.05) is 12.1 Å². The summed E-state index contributed by atoms with van der Waals surface area (Å²) in [6.45, 7) is 8.01. The maximum Gasteiger partial charge on any atom is 0.252 e. The first-order valence-corrected chi connectivity index (χ1v) is 12.4. The Kier molecular flexibility index (Phi) is 7.39. The maximum atomic E-state index is 12.7. The van der Waals surface area contributed by atoms with Gasteiger partial charge in [-0.05, 0) is 37.6 Å². The lowest BCUT2D eigenvalue weighted by Gasteiger charge is -2.16. The van der Waals surface area contributed by atoms with E-state index in [-0.39, 0.29) is 23.6 Å². The van der Waals surface area contributed by atoms with Crippen molar-refractivity contribution in [2.24, 2.45) is 0 Å². The normalized spacial score (nSPS) is 11.8. The minimum atomic E-state index is -0.384. The average Bonchev–Trinajstić information content (AvgIpc) is 3.41. The molecule has 8 nitrogen and oxygen atoms in total. The number of aryl methyl sites for hydroxylation is 1. The number of aromatic nitrogens is 4. The Balaban J connectivity index is 1.41. The number of thioether (sulfide) groups is 1. The Morgan fingerprint density at radius 2 is 1.94 bits per heavy atom. The van der Waals surface area contributed by atoms with E-state index in [1.54, 1.807) is 12.1 Å². The van der Waals surface area contributed by atoms with Crippen molar-refractivity contribution < 1.29 is 9.59 Å². The second-order valence-electron chi connectivity index (χ2n) is 7.57. The number of benzene rings is 2. The number of nitrogens with zero attached hydrogens (tertiary/aromatic N) is 4. The zero-order valence-corrected chi connectivity index (χ0v) is 20.4. The molecule has 0 fully saturated rings. The van der Waals surface area contributed by atoms with Gasteiger partial charge in [-0.2, -0.15) is 0 Å². The summed E-state index contributed by atoms with van der Waals surface area (Å²) in [5.74, 6) is 0.383. The standard InChI is InChI=1S/C24H24N6O2S2/c1-4-13-30-21(16(3)25-22(32)17-10-6-5-9-15(17)2)28-29-24(30)33-14-20(31)27-23-26-18-11-7-8-12-19(18)34-23/h4-12,16H,1,13-14H2,2-3H3,(H,25,32)(H,26,27,31)/t16-/m1/s1. The topological polar surface area (TPSA) is 102 Å². The third-order valence-electron chi connectivity index (χ3n) is 5.05. The highest BCUT2D eigenvalue weighted by molar-refractivity contribution is 7.99. The molecule has 0 bridgehead atoms. The van der Waals surface area contributed by atoms with E-state index in [2.05, 4.69) is 32.4 Å². The van der Waals surface area contributed by atoms with Crippen molar-refractivity contribution in [3.05, 3.63) is 78.1 Å². The maximum absolute atomic E-state index is 12.7. The number of anilines is 1. The number of para-hydroxylation sites is 1. The van der Waals surface area contributed by atoms with Crippen LogP contribution in [0.2, 0.25) is 0 Å². The lowest BCUT2D eigenvalue weighted by atomic mass is 10.1. The van der Waals surface area contributed by atoms with Gasteiger partial charge in [0.1, 0.15) is 0 Å². The highest BCUT2D eigenvalue weighted by Crippen LogP contribution is 2.26. The number of amides is 2. The van der Waals surface area contributed by atoms with Crippen molar-refractivity contribution in [3.63, 3.8) is 0 Å². The molecule has 2 aromatic heterocycles. The molecular weight excluding hydrogens is 468 g/mol. The van der Waals surface area contributed by atoms with Crippen LogP contribution >= 0.6 is 23.1 Å². The lowest BCUT2D eigenvalue weighted by Crippen LogP contribution is -2.29. The van der Waals surface area contributed by atoms with Gasteiger partial charge >= 0.3 is 0 Å².